The maximum Gasteiger partial charge on any atom is 0.236 e. The van der Waals surface area contributed by atoms with Crippen LogP contribution in [0, 0.1) is 17.2 Å². The number of piperazine rings is 1. The van der Waals surface area contributed by atoms with E-state index in [1.807, 2.05) is 18.2 Å². The predicted octanol–water partition coefficient (Wildman–Crippen LogP) is 2.31. The number of rotatable bonds is 3. The smallest absolute Gasteiger partial charge is 0.236 e. The van der Waals surface area contributed by atoms with Gasteiger partial charge in [-0.2, -0.15) is 5.26 Å². The van der Waals surface area contributed by atoms with Gasteiger partial charge in [-0.15, -0.1) is 0 Å². The summed E-state index contributed by atoms with van der Waals surface area (Å²) in [5.74, 6) is 0.962. The van der Waals surface area contributed by atoms with Crippen molar-refractivity contribution >= 4 is 16.8 Å². The highest BCUT2D eigenvalue weighted by atomic mass is 16.2. The van der Waals surface area contributed by atoms with Crippen molar-refractivity contribution in [2.75, 3.05) is 52.9 Å². The Bertz CT molecular complexity index is 929. The molecule has 1 amide bonds. The van der Waals surface area contributed by atoms with E-state index in [-0.39, 0.29) is 11.8 Å². The molecular formula is C23H29N5O. The molecule has 6 nitrogen and oxygen atoms in total. The van der Waals surface area contributed by atoms with Gasteiger partial charge >= 0.3 is 0 Å². The van der Waals surface area contributed by atoms with Crippen LogP contribution >= 0.6 is 0 Å². The number of carbonyl (C=O) groups is 1. The zero-order chi connectivity index (χ0) is 20.4. The third-order valence-corrected chi connectivity index (χ3v) is 6.33. The summed E-state index contributed by atoms with van der Waals surface area (Å²) in [7, 11) is 2.13. The molecule has 152 valence electrons. The van der Waals surface area contributed by atoms with Crippen LogP contribution in [0.1, 0.15) is 30.4 Å². The Hall–Kier alpha value is -2.49. The highest BCUT2D eigenvalue weighted by Crippen LogP contribution is 2.34. The number of piperidine rings is 1. The van der Waals surface area contributed by atoms with Gasteiger partial charge in [0.05, 0.1) is 17.6 Å². The van der Waals surface area contributed by atoms with E-state index in [0.29, 0.717) is 18.0 Å². The summed E-state index contributed by atoms with van der Waals surface area (Å²) in [5, 5.41) is 10.5. The van der Waals surface area contributed by atoms with E-state index in [4.69, 9.17) is 0 Å². The zero-order valence-corrected chi connectivity index (χ0v) is 17.3. The van der Waals surface area contributed by atoms with Crippen molar-refractivity contribution in [1.82, 2.24) is 19.7 Å². The number of nitrogens with zero attached hydrogens (tertiary/aromatic N) is 5. The minimum Gasteiger partial charge on any atom is -0.341 e. The number of fused-ring (bicyclic) bond motifs is 1. The molecule has 2 aliphatic rings. The summed E-state index contributed by atoms with van der Waals surface area (Å²) in [6.07, 6.45) is 2.79. The van der Waals surface area contributed by atoms with Crippen LogP contribution in [0.2, 0.25) is 0 Å². The molecule has 2 aliphatic heterocycles. The maximum absolute atomic E-state index is 13.0. The minimum atomic E-state index is 0.238. The summed E-state index contributed by atoms with van der Waals surface area (Å²) >= 11 is 0. The second-order valence-corrected chi connectivity index (χ2v) is 8.63. The fourth-order valence-corrected chi connectivity index (χ4v) is 4.72. The van der Waals surface area contributed by atoms with Crippen LogP contribution < -0.4 is 0 Å². The predicted molar refractivity (Wildman–Crippen MR) is 113 cm³/mol. The van der Waals surface area contributed by atoms with E-state index in [0.717, 1.165) is 56.6 Å². The van der Waals surface area contributed by atoms with Crippen molar-refractivity contribution in [1.29, 1.82) is 5.26 Å². The van der Waals surface area contributed by atoms with Gasteiger partial charge in [0.25, 0.3) is 0 Å². The Labute approximate surface area is 172 Å². The third kappa shape index (κ3) is 4.26. The highest BCUT2D eigenvalue weighted by molar-refractivity contribution is 5.87. The van der Waals surface area contributed by atoms with E-state index in [1.165, 1.54) is 5.56 Å². The molecule has 1 aromatic heterocycles. The fraction of sp³-hybridized carbons (Fsp3) is 0.522. The molecule has 0 N–H and O–H groups in total. The van der Waals surface area contributed by atoms with Gasteiger partial charge in [0.2, 0.25) is 5.91 Å². The largest absolute Gasteiger partial charge is 0.341 e. The molecule has 0 radical (unpaired) electrons. The SMILES string of the molecule is C[C@@H]1C[C@H](c2ccc(C#N)c3ncccc23)CN(C(=O)CN2CCN(C)CC2)C1. The summed E-state index contributed by atoms with van der Waals surface area (Å²) in [5.41, 5.74) is 2.58. The molecule has 29 heavy (non-hydrogen) atoms. The van der Waals surface area contributed by atoms with E-state index in [1.54, 1.807) is 6.20 Å². The lowest BCUT2D eigenvalue weighted by Gasteiger charge is -2.39. The van der Waals surface area contributed by atoms with Crippen molar-refractivity contribution in [2.45, 2.75) is 19.3 Å². The summed E-state index contributed by atoms with van der Waals surface area (Å²) in [6, 6.07) is 10.2. The second-order valence-electron chi connectivity index (χ2n) is 8.63. The maximum atomic E-state index is 13.0. The number of nitriles is 1. The van der Waals surface area contributed by atoms with Crippen molar-refractivity contribution in [3.8, 4) is 6.07 Å². The molecule has 2 fully saturated rings. The number of pyridine rings is 1. The molecule has 0 aliphatic carbocycles. The molecule has 0 spiro atoms. The van der Waals surface area contributed by atoms with Gasteiger partial charge in [-0.1, -0.05) is 19.1 Å². The molecular weight excluding hydrogens is 362 g/mol. The number of amides is 1. The Morgan fingerprint density at radius 1 is 1.21 bits per heavy atom. The first-order valence-electron chi connectivity index (χ1n) is 10.5. The number of likely N-dealkylation sites (tertiary alicyclic amines) is 1. The molecule has 2 aromatic rings. The standard InChI is InChI=1S/C23H29N5O/c1-17-12-19(20-6-5-18(13-24)23-21(20)4-3-7-25-23)15-28(14-17)22(29)16-27-10-8-26(2)9-11-27/h3-7,17,19H,8-12,14-16H2,1-2H3/t17-,19+/m1/s1. The minimum absolute atomic E-state index is 0.238. The molecule has 4 rings (SSSR count). The molecule has 0 unspecified atom stereocenters. The summed E-state index contributed by atoms with van der Waals surface area (Å²) < 4.78 is 0. The van der Waals surface area contributed by atoms with Crippen LogP contribution in [0.15, 0.2) is 30.5 Å². The fourth-order valence-electron chi connectivity index (χ4n) is 4.72. The number of benzene rings is 1. The first kappa shape index (κ1) is 19.8. The van der Waals surface area contributed by atoms with E-state index >= 15 is 0 Å². The topological polar surface area (TPSA) is 63.5 Å². The summed E-state index contributed by atoms with van der Waals surface area (Å²) in [6.45, 7) is 8.28. The van der Waals surface area contributed by atoms with Gasteiger partial charge in [0, 0.05) is 56.8 Å². The molecule has 0 bridgehead atoms. The van der Waals surface area contributed by atoms with E-state index in [2.05, 4.69) is 45.8 Å². The van der Waals surface area contributed by atoms with Gasteiger partial charge in [0.1, 0.15) is 6.07 Å². The van der Waals surface area contributed by atoms with Crippen LogP contribution in [-0.4, -0.2) is 78.5 Å². The van der Waals surface area contributed by atoms with Crippen molar-refractivity contribution < 1.29 is 4.79 Å². The lowest BCUT2D eigenvalue weighted by molar-refractivity contribution is -0.134. The number of hydrogen-bond donors (Lipinski definition) is 0. The molecule has 3 heterocycles. The number of aromatic nitrogens is 1. The average molecular weight is 392 g/mol. The monoisotopic (exact) mass is 391 g/mol. The molecule has 6 heteroatoms. The Morgan fingerprint density at radius 2 is 2.00 bits per heavy atom. The third-order valence-electron chi connectivity index (χ3n) is 6.33. The second kappa shape index (κ2) is 8.48. The Morgan fingerprint density at radius 3 is 2.76 bits per heavy atom. The first-order chi connectivity index (χ1) is 14.0. The molecule has 2 saturated heterocycles. The van der Waals surface area contributed by atoms with Crippen LogP contribution in [0.5, 0.6) is 0 Å². The average Bonchev–Trinajstić information content (AvgIpc) is 2.74. The van der Waals surface area contributed by atoms with Crippen LogP contribution in [0.3, 0.4) is 0 Å². The highest BCUT2D eigenvalue weighted by Gasteiger charge is 2.31. The van der Waals surface area contributed by atoms with E-state index < -0.39 is 0 Å². The summed E-state index contributed by atoms with van der Waals surface area (Å²) in [4.78, 5) is 24.1. The number of likely N-dealkylation sites (N-methyl/N-ethyl adjacent to an activating group) is 1. The number of hydrogen-bond acceptors (Lipinski definition) is 5. The van der Waals surface area contributed by atoms with Crippen LogP contribution in [-0.2, 0) is 4.79 Å². The van der Waals surface area contributed by atoms with Gasteiger partial charge < -0.3 is 9.80 Å². The first-order valence-corrected chi connectivity index (χ1v) is 10.5. The van der Waals surface area contributed by atoms with Crippen LogP contribution in [0.25, 0.3) is 10.9 Å². The van der Waals surface area contributed by atoms with Crippen molar-refractivity contribution in [3.05, 3.63) is 41.6 Å². The quantitative estimate of drug-likeness (QED) is 0.803. The van der Waals surface area contributed by atoms with Gasteiger partial charge in [-0.05, 0) is 37.1 Å². The lowest BCUT2D eigenvalue weighted by Crippen LogP contribution is -2.51. The van der Waals surface area contributed by atoms with Gasteiger partial charge in [-0.3, -0.25) is 14.7 Å². The molecule has 2 atom stereocenters. The Balaban J connectivity index is 1.53. The normalized spacial score (nSPS) is 23.8. The Kier molecular flexibility index (Phi) is 5.79. The van der Waals surface area contributed by atoms with Crippen molar-refractivity contribution in [2.24, 2.45) is 5.92 Å². The van der Waals surface area contributed by atoms with Crippen molar-refractivity contribution in [3.63, 3.8) is 0 Å². The molecule has 1 aromatic carbocycles. The van der Waals surface area contributed by atoms with E-state index in [9.17, 15) is 10.1 Å². The molecule has 0 saturated carbocycles. The van der Waals surface area contributed by atoms with Crippen LogP contribution in [0.4, 0.5) is 0 Å². The van der Waals surface area contributed by atoms with Gasteiger partial charge in [-0.25, -0.2) is 0 Å². The van der Waals surface area contributed by atoms with Gasteiger partial charge in [0.15, 0.2) is 0 Å². The number of carbonyl (C=O) groups excluding carboxylic acids is 1. The lowest BCUT2D eigenvalue weighted by atomic mass is 9.83. The zero-order valence-electron chi connectivity index (χ0n) is 17.3.